The molecule has 24 heteroatoms. The predicted octanol–water partition coefficient (Wildman–Crippen LogP) is 0.307. The maximum absolute atomic E-state index is 14.9. The van der Waals surface area contributed by atoms with Gasteiger partial charge in [-0.15, -0.1) is 0 Å². The van der Waals surface area contributed by atoms with Crippen LogP contribution in [0.3, 0.4) is 0 Å². The molecular weight excluding hydrogens is 1030 g/mol. The molecule has 80 heavy (non-hydrogen) atoms. The van der Waals surface area contributed by atoms with E-state index < -0.39 is 124 Å². The summed E-state index contributed by atoms with van der Waals surface area (Å²) < 4.78 is 0. The van der Waals surface area contributed by atoms with Crippen molar-refractivity contribution in [3.05, 3.63) is 12.2 Å². The fourth-order valence-corrected chi connectivity index (χ4v) is 9.24. The molecule has 18 N–H and O–H groups in total. The fraction of sp³-hybridized carbons (Fsp3) is 0.786. The van der Waals surface area contributed by atoms with Crippen molar-refractivity contribution in [2.75, 3.05) is 19.6 Å². The van der Waals surface area contributed by atoms with Crippen LogP contribution >= 0.6 is 0 Å². The Hall–Kier alpha value is -5.72. The average molecular weight is 1130 g/mol. The number of carbonyl (C=O) groups excluding carboxylic acids is 10. The first-order chi connectivity index (χ1) is 37.5. The smallest absolute Gasteiger partial charge is 0.246 e. The number of aliphatic hydroxyl groups is 1. The molecule has 11 atom stereocenters. The van der Waals surface area contributed by atoms with Gasteiger partial charge in [0.25, 0.3) is 0 Å². The minimum absolute atomic E-state index is 0.00784. The maximum Gasteiger partial charge on any atom is 0.246 e. The Labute approximate surface area is 475 Å². The summed E-state index contributed by atoms with van der Waals surface area (Å²) in [6, 6.07) is -8.61. The summed E-state index contributed by atoms with van der Waals surface area (Å²) in [5, 5.41) is 35.8. The third-order valence-corrected chi connectivity index (χ3v) is 14.3. The van der Waals surface area contributed by atoms with Gasteiger partial charge in [-0.25, -0.2) is 0 Å². The minimum atomic E-state index is -1.72. The Morgan fingerprint density at radius 2 is 1.16 bits per heavy atom. The Morgan fingerprint density at radius 3 is 1.68 bits per heavy atom. The minimum Gasteiger partial charge on any atom is -0.391 e. The van der Waals surface area contributed by atoms with Crippen molar-refractivity contribution in [3.63, 3.8) is 0 Å². The number of aliphatic hydroxyl groups excluding tert-OH is 1. The van der Waals surface area contributed by atoms with E-state index in [-0.39, 0.29) is 75.8 Å². The van der Waals surface area contributed by atoms with Crippen LogP contribution in [0.2, 0.25) is 0 Å². The van der Waals surface area contributed by atoms with Crippen LogP contribution in [0.5, 0.6) is 0 Å². The van der Waals surface area contributed by atoms with Gasteiger partial charge in [0, 0.05) is 0 Å². The SMILES string of the molecule is CC[C@H](C)[C@@H]1NC(=O)[C@@](C)(NC(=O)[C@H](CCCCN)NC(=O)[C@H](CC(C)C)NC(=O)[C@H](CC(C)C)NC(=O)CN)CCC/C=C\CCC[C@@](C)(C(=O)N[C@@H](CC(C)C)C(N)=O)NC(=O)[C@H]([C@@H](C)O)NC(=O)[C@H](CCCCN)NC1=O. The van der Waals surface area contributed by atoms with Crippen LogP contribution in [0.4, 0.5) is 0 Å². The number of unbranched alkanes of at least 4 members (excludes halogenated alkanes) is 2. The first-order valence-corrected chi connectivity index (χ1v) is 29.0. The number of nitrogens with two attached hydrogens (primary N) is 4. The van der Waals surface area contributed by atoms with E-state index in [1.165, 1.54) is 20.8 Å². The second kappa shape index (κ2) is 36.6. The molecule has 1 aliphatic rings. The summed E-state index contributed by atoms with van der Waals surface area (Å²) in [6.07, 6.45) is 6.70. The molecule has 458 valence electrons. The van der Waals surface area contributed by atoms with Gasteiger partial charge < -0.3 is 75.9 Å². The highest BCUT2D eigenvalue weighted by Gasteiger charge is 2.43. The van der Waals surface area contributed by atoms with E-state index in [1.54, 1.807) is 6.92 Å². The molecule has 0 fully saturated rings. The van der Waals surface area contributed by atoms with Gasteiger partial charge >= 0.3 is 0 Å². The third-order valence-electron chi connectivity index (χ3n) is 14.3. The molecule has 24 nitrogen and oxygen atoms in total. The Bertz CT molecular complexity index is 2060. The van der Waals surface area contributed by atoms with E-state index in [4.69, 9.17) is 22.9 Å². The number of nitrogens with one attached hydrogen (secondary N) is 9. The number of amides is 10. The molecular formula is C56H103N13O11. The molecule has 0 bridgehead atoms. The number of rotatable bonds is 28. The van der Waals surface area contributed by atoms with Gasteiger partial charge in [0.15, 0.2) is 0 Å². The van der Waals surface area contributed by atoms with Crippen molar-refractivity contribution in [1.82, 2.24) is 47.9 Å². The maximum atomic E-state index is 14.9. The molecule has 0 unspecified atom stereocenters. The van der Waals surface area contributed by atoms with E-state index in [0.29, 0.717) is 64.3 Å². The molecule has 0 spiro atoms. The van der Waals surface area contributed by atoms with Gasteiger partial charge in [0.2, 0.25) is 59.1 Å². The van der Waals surface area contributed by atoms with Crippen molar-refractivity contribution in [1.29, 1.82) is 0 Å². The zero-order chi connectivity index (χ0) is 60.9. The zero-order valence-electron chi connectivity index (χ0n) is 49.9. The van der Waals surface area contributed by atoms with Crippen LogP contribution in [0.15, 0.2) is 12.2 Å². The monoisotopic (exact) mass is 1130 g/mol. The van der Waals surface area contributed by atoms with Crippen LogP contribution < -0.4 is 70.8 Å². The second-order valence-corrected chi connectivity index (χ2v) is 23.4. The summed E-state index contributed by atoms with van der Waals surface area (Å²) in [5.41, 5.74) is 19.5. The van der Waals surface area contributed by atoms with Crippen molar-refractivity contribution >= 4 is 59.1 Å². The van der Waals surface area contributed by atoms with E-state index in [1.807, 2.05) is 60.6 Å². The molecule has 0 aromatic heterocycles. The largest absolute Gasteiger partial charge is 0.391 e. The van der Waals surface area contributed by atoms with Gasteiger partial charge in [0.05, 0.1) is 12.6 Å². The molecule has 0 saturated carbocycles. The van der Waals surface area contributed by atoms with Crippen molar-refractivity contribution in [2.24, 2.45) is 46.6 Å². The number of allylic oxidation sites excluding steroid dienone is 2. The van der Waals surface area contributed by atoms with Crippen LogP contribution in [0.1, 0.15) is 179 Å². The zero-order valence-corrected chi connectivity index (χ0v) is 49.9. The molecule has 0 saturated heterocycles. The topological polar surface area (TPSA) is 403 Å². The van der Waals surface area contributed by atoms with E-state index in [9.17, 15) is 53.1 Å². The average Bonchev–Trinajstić information content (AvgIpc) is 3.37. The van der Waals surface area contributed by atoms with Gasteiger partial charge in [-0.1, -0.05) is 74.0 Å². The lowest BCUT2D eigenvalue weighted by molar-refractivity contribution is -0.140. The predicted molar refractivity (Wildman–Crippen MR) is 307 cm³/mol. The van der Waals surface area contributed by atoms with Crippen LogP contribution in [0.25, 0.3) is 0 Å². The summed E-state index contributed by atoms with van der Waals surface area (Å²) in [7, 11) is 0. The quantitative estimate of drug-likeness (QED) is 0.0371. The fourth-order valence-electron chi connectivity index (χ4n) is 9.24. The Kier molecular flexibility index (Phi) is 33.1. The molecule has 0 aliphatic carbocycles. The summed E-state index contributed by atoms with van der Waals surface area (Å²) >= 11 is 0. The molecule has 1 aliphatic heterocycles. The standard InChI is InChI=1S/C56H103N13O11/c1-12-36(8)44-51(77)63-38(23-17-21-27-57)47(73)66-45(37(9)70)52(78)69-55(10,53(79)65-40(46(60)72)29-33(2)3)25-19-15-13-14-16-20-26-56(11,54(80)67-44)68-50(76)39(24-18-22-28-58)62-49(75)42(31-35(6)7)64-48(74)41(30-34(4)5)61-43(71)32-59/h13-14,33-42,44-45,70H,12,15-32,57-59H2,1-11H3,(H2,60,72)(H,61,71)(H,62,75)(H,63,77)(H,64,74)(H,65,79)(H,66,73)(H,67,80)(H,68,76)(H,69,78)/b14-13-/t36-,37+,38-,39-,40-,41-,42-,44-,45-,55-,56-/m0/s1. The second-order valence-electron chi connectivity index (χ2n) is 23.4. The molecule has 1 rings (SSSR count). The molecule has 0 radical (unpaired) electrons. The molecule has 1 heterocycles. The van der Waals surface area contributed by atoms with Gasteiger partial charge in [0.1, 0.15) is 53.4 Å². The highest BCUT2D eigenvalue weighted by atomic mass is 16.3. The van der Waals surface area contributed by atoms with E-state index in [2.05, 4.69) is 47.9 Å². The highest BCUT2D eigenvalue weighted by Crippen LogP contribution is 2.22. The molecule has 10 amide bonds. The number of hydrogen-bond donors (Lipinski definition) is 14. The van der Waals surface area contributed by atoms with E-state index >= 15 is 0 Å². The number of carbonyl (C=O) groups is 10. The van der Waals surface area contributed by atoms with Gasteiger partial charge in [-0.3, -0.25) is 47.9 Å². The lowest BCUT2D eigenvalue weighted by Gasteiger charge is -2.35. The van der Waals surface area contributed by atoms with Crippen molar-refractivity contribution in [3.8, 4) is 0 Å². The number of hydrogen-bond acceptors (Lipinski definition) is 14. The van der Waals surface area contributed by atoms with Crippen molar-refractivity contribution in [2.45, 2.75) is 238 Å². The number of primary amides is 1. The lowest BCUT2D eigenvalue weighted by atomic mass is 9.90. The van der Waals surface area contributed by atoms with Crippen LogP contribution in [-0.4, -0.2) is 143 Å². The highest BCUT2D eigenvalue weighted by molar-refractivity contribution is 6.00. The van der Waals surface area contributed by atoms with Crippen LogP contribution in [-0.2, 0) is 47.9 Å². The molecule has 0 aromatic carbocycles. The normalized spacial score (nSPS) is 23.8. The van der Waals surface area contributed by atoms with Crippen LogP contribution in [0, 0.1) is 23.7 Å². The Morgan fingerprint density at radius 1 is 0.637 bits per heavy atom. The summed E-state index contributed by atoms with van der Waals surface area (Å²) in [4.78, 5) is 139. The van der Waals surface area contributed by atoms with Gasteiger partial charge in [-0.05, 0) is 154 Å². The van der Waals surface area contributed by atoms with Gasteiger partial charge in [-0.2, -0.15) is 0 Å². The first-order valence-electron chi connectivity index (χ1n) is 29.0. The lowest BCUT2D eigenvalue weighted by Crippen LogP contribution is -2.66. The summed E-state index contributed by atoms with van der Waals surface area (Å²) in [6.45, 7) is 19.2. The summed E-state index contributed by atoms with van der Waals surface area (Å²) in [5.74, 6) is -7.90. The Balaban J connectivity index is 3.94. The first kappa shape index (κ1) is 72.3. The van der Waals surface area contributed by atoms with E-state index in [0.717, 1.165) is 0 Å². The third kappa shape index (κ3) is 25.8. The van der Waals surface area contributed by atoms with Crippen molar-refractivity contribution < 1.29 is 53.1 Å². The molecule has 0 aromatic rings.